The summed E-state index contributed by atoms with van der Waals surface area (Å²) in [5.41, 5.74) is 4.16. The van der Waals surface area contributed by atoms with Gasteiger partial charge in [-0.25, -0.2) is 24.7 Å². The zero-order valence-corrected chi connectivity index (χ0v) is 23.3. The maximum Gasteiger partial charge on any atom is 0.435 e. The van der Waals surface area contributed by atoms with Crippen LogP contribution < -0.4 is 27.2 Å². The minimum absolute atomic E-state index is 0.00316. The third-order valence-electron chi connectivity index (χ3n) is 6.29. The number of hydrogen-bond donors (Lipinski definition) is 4. The number of halogens is 4. The molecule has 5 aromatic rings. The van der Waals surface area contributed by atoms with Crippen molar-refractivity contribution in [2.45, 2.75) is 19.1 Å². The summed E-state index contributed by atoms with van der Waals surface area (Å²) in [6.45, 7) is 1.68. The molecule has 0 saturated carbocycles. The highest BCUT2D eigenvalue weighted by molar-refractivity contribution is 6.35. The summed E-state index contributed by atoms with van der Waals surface area (Å²) < 4.78 is 41.2. The van der Waals surface area contributed by atoms with Gasteiger partial charge >= 0.3 is 12.2 Å². The Kier molecular flexibility index (Phi) is 8.01. The number of anilines is 4. The molecule has 5 rings (SSSR count). The third kappa shape index (κ3) is 5.92. The molecule has 2 amide bonds. The molecule has 12 nitrogen and oxygen atoms in total. The van der Waals surface area contributed by atoms with E-state index in [1.54, 1.807) is 25.1 Å². The Hall–Kier alpha value is -5.75. The van der Waals surface area contributed by atoms with Crippen LogP contribution in [0.4, 0.5) is 41.0 Å². The van der Waals surface area contributed by atoms with E-state index in [0.717, 1.165) is 12.3 Å². The van der Waals surface area contributed by atoms with E-state index in [4.69, 9.17) is 17.3 Å². The van der Waals surface area contributed by atoms with Gasteiger partial charge in [0.05, 0.1) is 33.3 Å². The zero-order valence-electron chi connectivity index (χ0n) is 22.5. The molecule has 5 N–H and O–H groups in total. The maximum absolute atomic E-state index is 13.9. The molecule has 3 aromatic heterocycles. The Morgan fingerprint density at radius 2 is 1.86 bits per heavy atom. The van der Waals surface area contributed by atoms with Gasteiger partial charge in [0.15, 0.2) is 5.69 Å². The van der Waals surface area contributed by atoms with Gasteiger partial charge in [0, 0.05) is 11.9 Å². The number of hydrogen-bond acceptors (Lipinski definition) is 9. The highest BCUT2D eigenvalue weighted by Crippen LogP contribution is 2.33. The van der Waals surface area contributed by atoms with Crippen LogP contribution in [0.5, 0.6) is 0 Å². The van der Waals surface area contributed by atoms with E-state index in [-0.39, 0.29) is 44.8 Å². The molecule has 0 saturated heterocycles. The number of nitrogen functional groups attached to an aromatic ring is 1. The van der Waals surface area contributed by atoms with Crippen LogP contribution in [0, 0.1) is 11.3 Å². The average Bonchev–Trinajstić information content (AvgIpc) is 2.97. The van der Waals surface area contributed by atoms with Crippen molar-refractivity contribution >= 4 is 51.5 Å². The summed E-state index contributed by atoms with van der Waals surface area (Å²) in [6.07, 6.45) is -2.65. The first kappa shape index (κ1) is 29.7. The van der Waals surface area contributed by atoms with Crippen LogP contribution in [0.3, 0.4) is 0 Å². The number of nitrogens with zero attached hydrogens (tertiary/aromatic N) is 6. The monoisotopic (exact) mass is 620 g/mol. The number of rotatable bonds is 6. The molecule has 0 spiro atoms. The van der Waals surface area contributed by atoms with Crippen LogP contribution in [-0.4, -0.2) is 30.5 Å². The molecule has 44 heavy (non-hydrogen) atoms. The molecule has 1 atom stereocenters. The lowest BCUT2D eigenvalue weighted by Gasteiger charge is -2.21. The van der Waals surface area contributed by atoms with E-state index in [2.05, 4.69) is 35.9 Å². The number of nitriles is 1. The zero-order chi connectivity index (χ0) is 31.6. The highest BCUT2D eigenvalue weighted by Gasteiger charge is 2.35. The molecule has 3 heterocycles. The average molecular weight is 621 g/mol. The molecule has 0 radical (unpaired) electrons. The smallest absolute Gasteiger partial charge is 0.382 e. The van der Waals surface area contributed by atoms with E-state index < -0.39 is 35.2 Å². The molecule has 1 unspecified atom stereocenters. The second-order valence-corrected chi connectivity index (χ2v) is 9.64. The Morgan fingerprint density at radius 3 is 2.61 bits per heavy atom. The lowest BCUT2D eigenvalue weighted by atomic mass is 10.2. The number of amides is 2. The van der Waals surface area contributed by atoms with Gasteiger partial charge in [0.1, 0.15) is 35.4 Å². The number of urea groups is 1. The number of fused-ring (bicyclic) bond motifs is 1. The number of pyridine rings is 1. The number of aromatic nitrogens is 5. The maximum atomic E-state index is 13.9. The van der Waals surface area contributed by atoms with Crippen molar-refractivity contribution in [1.29, 1.82) is 5.26 Å². The van der Waals surface area contributed by atoms with Crippen molar-refractivity contribution in [1.82, 2.24) is 24.5 Å². The van der Waals surface area contributed by atoms with Crippen LogP contribution >= 0.6 is 11.6 Å². The van der Waals surface area contributed by atoms with Crippen LogP contribution in [0.1, 0.15) is 30.0 Å². The van der Waals surface area contributed by atoms with Crippen LogP contribution in [0.25, 0.3) is 16.6 Å². The molecule has 222 valence electrons. The first-order valence-corrected chi connectivity index (χ1v) is 13.0. The molecule has 0 bridgehead atoms. The van der Waals surface area contributed by atoms with E-state index in [1.807, 2.05) is 6.07 Å². The van der Waals surface area contributed by atoms with E-state index >= 15 is 0 Å². The van der Waals surface area contributed by atoms with Gasteiger partial charge < -0.3 is 21.7 Å². The Bertz CT molecular complexity index is 2010. The summed E-state index contributed by atoms with van der Waals surface area (Å²) in [5, 5.41) is 17.5. The summed E-state index contributed by atoms with van der Waals surface area (Å²) in [6, 6.07) is 13.3. The number of alkyl halides is 3. The second-order valence-electron chi connectivity index (χ2n) is 9.23. The van der Waals surface area contributed by atoms with Crippen molar-refractivity contribution < 1.29 is 18.0 Å². The highest BCUT2D eigenvalue weighted by atomic mass is 35.5. The molecule has 0 aliphatic carbocycles. The number of carbonyl (C=O) groups is 1. The minimum Gasteiger partial charge on any atom is -0.382 e. The molecule has 2 aromatic carbocycles. The predicted molar refractivity (Wildman–Crippen MR) is 157 cm³/mol. The van der Waals surface area contributed by atoms with E-state index in [9.17, 15) is 28.0 Å². The van der Waals surface area contributed by atoms with Crippen molar-refractivity contribution in [2.75, 3.05) is 21.7 Å². The molecule has 0 aliphatic rings. The van der Waals surface area contributed by atoms with Crippen LogP contribution in [0.15, 0.2) is 71.9 Å². The Labute approximate surface area is 251 Å². The van der Waals surface area contributed by atoms with Gasteiger partial charge in [-0.15, -0.1) is 0 Å². The predicted octanol–water partition coefficient (Wildman–Crippen LogP) is 5.51. The van der Waals surface area contributed by atoms with Crippen molar-refractivity contribution in [3.8, 4) is 11.8 Å². The summed E-state index contributed by atoms with van der Waals surface area (Å²) in [7, 11) is 0. The Morgan fingerprint density at radius 1 is 1.09 bits per heavy atom. The van der Waals surface area contributed by atoms with Gasteiger partial charge in [-0.05, 0) is 49.4 Å². The van der Waals surface area contributed by atoms with Gasteiger partial charge in [-0.1, -0.05) is 23.7 Å². The number of nitrogens with two attached hydrogens (primary N) is 1. The van der Waals surface area contributed by atoms with Crippen LogP contribution in [0.2, 0.25) is 5.02 Å². The van der Waals surface area contributed by atoms with Gasteiger partial charge in [-0.3, -0.25) is 9.36 Å². The fourth-order valence-electron chi connectivity index (χ4n) is 4.37. The normalized spacial score (nSPS) is 11.9. The second kappa shape index (κ2) is 11.9. The first-order valence-electron chi connectivity index (χ1n) is 12.7. The van der Waals surface area contributed by atoms with Gasteiger partial charge in [0.25, 0.3) is 5.56 Å². The molecule has 16 heteroatoms. The Balaban J connectivity index is 1.55. The van der Waals surface area contributed by atoms with Gasteiger partial charge in [0.2, 0.25) is 0 Å². The van der Waals surface area contributed by atoms with E-state index in [1.165, 1.54) is 41.2 Å². The third-order valence-corrected chi connectivity index (χ3v) is 6.60. The number of carbonyl (C=O) groups excluding carboxylic acids is 1. The molecule has 0 aliphatic heterocycles. The van der Waals surface area contributed by atoms with E-state index in [0.29, 0.717) is 5.52 Å². The molecular weight excluding hydrogens is 601 g/mol. The minimum atomic E-state index is -4.79. The summed E-state index contributed by atoms with van der Waals surface area (Å²) in [5.74, 6) is 0.247. The topological polar surface area (TPSA) is 177 Å². The largest absolute Gasteiger partial charge is 0.435 e. The van der Waals surface area contributed by atoms with Crippen molar-refractivity contribution in [3.05, 3.63) is 99.6 Å². The summed E-state index contributed by atoms with van der Waals surface area (Å²) >= 11 is 6.38. The summed E-state index contributed by atoms with van der Waals surface area (Å²) in [4.78, 5) is 42.5. The fourth-order valence-corrected chi connectivity index (χ4v) is 4.63. The standard InChI is InChI=1S/C28H20ClF3N10O2/c1-14(38-24-17(12-33)23(34)36-13-37-24)25-40-19-8-3-7-18(29)21(19)26(43)42(25)16-6-2-5-15(11-16)39-27(44)41-20-9-4-10-35-22(20)28(30,31)32/h2-11,13-14H,1H3,(H2,39,41,44)(H3,34,36,37,38). The lowest BCUT2D eigenvalue weighted by molar-refractivity contribution is -0.140. The lowest BCUT2D eigenvalue weighted by Crippen LogP contribution is -2.28. The first-order chi connectivity index (χ1) is 21.0. The number of nitrogens with one attached hydrogen (secondary N) is 3. The fraction of sp³-hybridized carbons (Fsp3) is 0.107. The van der Waals surface area contributed by atoms with Gasteiger partial charge in [-0.2, -0.15) is 18.4 Å². The van der Waals surface area contributed by atoms with Crippen LogP contribution in [-0.2, 0) is 6.18 Å². The molecule has 0 fully saturated rings. The van der Waals surface area contributed by atoms with Crippen molar-refractivity contribution in [2.24, 2.45) is 0 Å². The van der Waals surface area contributed by atoms with Crippen molar-refractivity contribution in [3.63, 3.8) is 0 Å². The number of benzene rings is 2. The SMILES string of the molecule is CC(Nc1ncnc(N)c1C#N)c1nc2cccc(Cl)c2c(=O)n1-c1cccc(NC(=O)Nc2cccnc2C(F)(F)F)c1. The molecular formula is C28H20ClF3N10O2. The quantitative estimate of drug-likeness (QED) is 0.190.